The lowest BCUT2D eigenvalue weighted by Gasteiger charge is -2.17. The Hall–Kier alpha value is -2.73. The second-order valence-corrected chi connectivity index (χ2v) is 6.60. The molecule has 0 aromatic heterocycles. The molecular weight excluding hydrogens is 380 g/mol. The number of carbonyl (C=O) groups is 1. The maximum Gasteiger partial charge on any atom is 0.244 e. The molecule has 0 saturated heterocycles. The first kappa shape index (κ1) is 21.6. The van der Waals surface area contributed by atoms with Crippen LogP contribution in [-0.2, 0) is 11.2 Å². The molecule has 1 amide bonds. The molecule has 1 atom stereocenters. The molecule has 0 saturated carbocycles. The summed E-state index contributed by atoms with van der Waals surface area (Å²) < 4.78 is 16.3. The van der Waals surface area contributed by atoms with Gasteiger partial charge >= 0.3 is 0 Å². The van der Waals surface area contributed by atoms with Gasteiger partial charge in [-0.05, 0) is 48.7 Å². The molecule has 150 valence electrons. The average Bonchev–Trinajstić information content (AvgIpc) is 2.69. The van der Waals surface area contributed by atoms with Crippen LogP contribution in [0, 0.1) is 0 Å². The van der Waals surface area contributed by atoms with Crippen LogP contribution in [0.4, 0.5) is 0 Å². The fourth-order valence-electron chi connectivity index (χ4n) is 2.40. The first-order valence-electron chi connectivity index (χ1n) is 8.95. The van der Waals surface area contributed by atoms with Gasteiger partial charge in [-0.25, -0.2) is 5.43 Å². The van der Waals surface area contributed by atoms with Gasteiger partial charge in [-0.15, -0.1) is 0 Å². The van der Waals surface area contributed by atoms with Gasteiger partial charge in [0, 0.05) is 0 Å². The van der Waals surface area contributed by atoms with Gasteiger partial charge in [-0.3, -0.25) is 4.79 Å². The fourth-order valence-corrected chi connectivity index (χ4v) is 2.66. The van der Waals surface area contributed by atoms with E-state index in [-0.39, 0.29) is 18.4 Å². The van der Waals surface area contributed by atoms with Crippen LogP contribution in [-0.4, -0.2) is 32.4 Å². The molecule has 28 heavy (non-hydrogen) atoms. The highest BCUT2D eigenvalue weighted by molar-refractivity contribution is 6.32. The lowest BCUT2D eigenvalue weighted by Crippen LogP contribution is -2.19. The number of methoxy groups -OCH3 is 2. The van der Waals surface area contributed by atoms with E-state index in [0.29, 0.717) is 27.8 Å². The van der Waals surface area contributed by atoms with Crippen LogP contribution in [0.2, 0.25) is 5.02 Å². The Bertz CT molecular complexity index is 839. The predicted molar refractivity (Wildman–Crippen MR) is 111 cm³/mol. The van der Waals surface area contributed by atoms with Crippen LogP contribution < -0.4 is 19.6 Å². The van der Waals surface area contributed by atoms with Gasteiger partial charge in [-0.2, -0.15) is 5.10 Å². The first-order chi connectivity index (χ1) is 13.5. The van der Waals surface area contributed by atoms with Crippen LogP contribution in [0.3, 0.4) is 0 Å². The van der Waals surface area contributed by atoms with E-state index in [1.54, 1.807) is 26.4 Å². The quantitative estimate of drug-likeness (QED) is 0.501. The van der Waals surface area contributed by atoms with Crippen molar-refractivity contribution in [3.63, 3.8) is 0 Å². The molecule has 0 unspecified atom stereocenters. The summed E-state index contributed by atoms with van der Waals surface area (Å²) in [6, 6.07) is 10.8. The van der Waals surface area contributed by atoms with Crippen LogP contribution >= 0.6 is 11.6 Å². The molecule has 2 aromatic carbocycles. The maximum atomic E-state index is 12.1. The number of benzene rings is 2. The van der Waals surface area contributed by atoms with Gasteiger partial charge in [0.15, 0.2) is 11.5 Å². The first-order valence-corrected chi connectivity index (χ1v) is 9.33. The summed E-state index contributed by atoms with van der Waals surface area (Å²) in [5, 5.41) is 4.41. The van der Waals surface area contributed by atoms with E-state index in [0.717, 1.165) is 12.0 Å². The number of halogens is 1. The average molecular weight is 405 g/mol. The number of amides is 1. The van der Waals surface area contributed by atoms with Crippen molar-refractivity contribution in [2.75, 3.05) is 14.2 Å². The summed E-state index contributed by atoms with van der Waals surface area (Å²) in [5.41, 5.74) is 4.02. The zero-order valence-electron chi connectivity index (χ0n) is 16.5. The molecule has 2 rings (SSSR count). The lowest BCUT2D eigenvalue weighted by molar-refractivity contribution is -0.120. The molecule has 0 aliphatic heterocycles. The summed E-state index contributed by atoms with van der Waals surface area (Å²) in [6.07, 6.45) is 2.56. The van der Waals surface area contributed by atoms with Gasteiger partial charge < -0.3 is 14.2 Å². The van der Waals surface area contributed by atoms with Crippen molar-refractivity contribution >= 4 is 23.7 Å². The fraction of sp³-hybridized carbons (Fsp3) is 0.333. The van der Waals surface area contributed by atoms with E-state index in [4.69, 9.17) is 25.8 Å². The van der Waals surface area contributed by atoms with Crippen LogP contribution in [0.5, 0.6) is 17.2 Å². The molecule has 0 bridgehead atoms. The molecule has 0 aliphatic rings. The summed E-state index contributed by atoms with van der Waals surface area (Å²) in [4.78, 5) is 12.1. The van der Waals surface area contributed by atoms with E-state index < -0.39 is 0 Å². The third-order valence-electron chi connectivity index (χ3n) is 4.05. The predicted octanol–water partition coefficient (Wildman–Crippen LogP) is 4.23. The molecule has 2 aromatic rings. The SMILES string of the molecule is CC[C@H](C)Oc1c(Cl)cc(/C=N/NC(=O)Cc2cccc(OC)c2)cc1OC. The summed E-state index contributed by atoms with van der Waals surface area (Å²) in [6.45, 7) is 3.99. The summed E-state index contributed by atoms with van der Waals surface area (Å²) >= 11 is 6.33. The number of carbonyl (C=O) groups excluding carboxylic acids is 1. The Morgan fingerprint density at radius 1 is 1.25 bits per heavy atom. The van der Waals surface area contributed by atoms with Crippen molar-refractivity contribution < 1.29 is 19.0 Å². The Kier molecular flexibility index (Phi) is 8.14. The number of nitrogens with one attached hydrogen (secondary N) is 1. The van der Waals surface area contributed by atoms with E-state index in [1.807, 2.05) is 38.1 Å². The van der Waals surface area contributed by atoms with Crippen molar-refractivity contribution in [1.82, 2.24) is 5.43 Å². The molecule has 0 radical (unpaired) electrons. The minimum Gasteiger partial charge on any atom is -0.497 e. The number of hydrogen-bond acceptors (Lipinski definition) is 5. The molecular formula is C21H25ClN2O4. The number of rotatable bonds is 9. The Morgan fingerprint density at radius 3 is 2.71 bits per heavy atom. The van der Waals surface area contributed by atoms with E-state index in [1.165, 1.54) is 6.21 Å². The Balaban J connectivity index is 2.03. The minimum absolute atomic E-state index is 0.0156. The lowest BCUT2D eigenvalue weighted by atomic mass is 10.1. The zero-order chi connectivity index (χ0) is 20.5. The molecule has 0 spiro atoms. The smallest absolute Gasteiger partial charge is 0.244 e. The molecule has 6 nitrogen and oxygen atoms in total. The topological polar surface area (TPSA) is 69.2 Å². The second kappa shape index (κ2) is 10.6. The molecule has 0 aliphatic carbocycles. The van der Waals surface area contributed by atoms with Gasteiger partial charge in [0.05, 0.1) is 38.0 Å². The van der Waals surface area contributed by atoms with Crippen molar-refractivity contribution in [3.05, 3.63) is 52.5 Å². The Labute approximate surface area is 170 Å². The van der Waals surface area contributed by atoms with Gasteiger partial charge in [0.2, 0.25) is 5.91 Å². The molecule has 7 heteroatoms. The van der Waals surface area contributed by atoms with Crippen LogP contribution in [0.1, 0.15) is 31.4 Å². The highest BCUT2D eigenvalue weighted by Crippen LogP contribution is 2.37. The number of hydrogen-bond donors (Lipinski definition) is 1. The van der Waals surface area contributed by atoms with E-state index in [9.17, 15) is 4.79 Å². The number of nitrogens with zero attached hydrogens (tertiary/aromatic N) is 1. The summed E-state index contributed by atoms with van der Waals surface area (Å²) in [7, 11) is 3.13. The maximum absolute atomic E-state index is 12.1. The third kappa shape index (κ3) is 6.16. The zero-order valence-corrected chi connectivity index (χ0v) is 17.2. The molecule has 0 fully saturated rings. The number of ether oxygens (including phenoxy) is 3. The monoisotopic (exact) mass is 404 g/mol. The van der Waals surface area contributed by atoms with Crippen molar-refractivity contribution in [3.8, 4) is 17.2 Å². The van der Waals surface area contributed by atoms with Gasteiger partial charge in [-0.1, -0.05) is 30.7 Å². The largest absolute Gasteiger partial charge is 0.497 e. The third-order valence-corrected chi connectivity index (χ3v) is 4.33. The van der Waals surface area contributed by atoms with Gasteiger partial charge in [0.1, 0.15) is 5.75 Å². The normalized spacial score (nSPS) is 11.9. The van der Waals surface area contributed by atoms with Crippen LogP contribution in [0.15, 0.2) is 41.5 Å². The molecule has 1 N–H and O–H groups in total. The summed E-state index contributed by atoms with van der Waals surface area (Å²) in [5.74, 6) is 1.48. The van der Waals surface area contributed by atoms with E-state index >= 15 is 0 Å². The van der Waals surface area contributed by atoms with Gasteiger partial charge in [0.25, 0.3) is 0 Å². The standard InChI is InChI=1S/C21H25ClN2O4/c1-5-14(2)28-21-18(22)10-16(11-19(21)27-4)13-23-24-20(25)12-15-7-6-8-17(9-15)26-3/h6-11,13-14H,5,12H2,1-4H3,(H,24,25)/b23-13+/t14-/m0/s1. The molecule has 0 heterocycles. The van der Waals surface area contributed by atoms with Crippen molar-refractivity contribution in [1.29, 1.82) is 0 Å². The van der Waals surface area contributed by atoms with Crippen LogP contribution in [0.25, 0.3) is 0 Å². The number of hydrazone groups is 1. The van der Waals surface area contributed by atoms with Crippen molar-refractivity contribution in [2.45, 2.75) is 32.8 Å². The second-order valence-electron chi connectivity index (χ2n) is 6.19. The highest BCUT2D eigenvalue weighted by Gasteiger charge is 2.14. The van der Waals surface area contributed by atoms with E-state index in [2.05, 4.69) is 10.5 Å². The van der Waals surface area contributed by atoms with Crippen molar-refractivity contribution in [2.24, 2.45) is 5.10 Å². The highest BCUT2D eigenvalue weighted by atomic mass is 35.5. The minimum atomic E-state index is -0.237. The Morgan fingerprint density at radius 2 is 2.04 bits per heavy atom.